The summed E-state index contributed by atoms with van der Waals surface area (Å²) in [6, 6.07) is 5.08. The lowest BCUT2D eigenvalue weighted by molar-refractivity contribution is -0.139. The van der Waals surface area contributed by atoms with E-state index in [2.05, 4.69) is 0 Å². The minimum absolute atomic E-state index is 0.497. The number of halogens is 1. The maximum Gasteiger partial charge on any atom is 0.327 e. The van der Waals surface area contributed by atoms with Gasteiger partial charge in [0.15, 0.2) is 0 Å². The molecule has 1 saturated heterocycles. The van der Waals surface area contributed by atoms with Crippen LogP contribution in [0.15, 0.2) is 18.2 Å². The van der Waals surface area contributed by atoms with E-state index in [4.69, 9.17) is 11.6 Å². The van der Waals surface area contributed by atoms with Gasteiger partial charge in [-0.05, 0) is 37.7 Å². The van der Waals surface area contributed by atoms with Crippen molar-refractivity contribution in [2.24, 2.45) is 0 Å². The van der Waals surface area contributed by atoms with Crippen molar-refractivity contribution in [2.45, 2.75) is 13.0 Å². The lowest BCUT2D eigenvalue weighted by Gasteiger charge is -2.39. The summed E-state index contributed by atoms with van der Waals surface area (Å²) in [4.78, 5) is 15.4. The predicted molar refractivity (Wildman–Crippen MR) is 72.5 cm³/mol. The number of carboxylic acids is 1. The molecule has 98 valence electrons. The average Bonchev–Trinajstić information content (AvgIpc) is 2.29. The van der Waals surface area contributed by atoms with Gasteiger partial charge in [-0.1, -0.05) is 11.6 Å². The van der Waals surface area contributed by atoms with E-state index in [0.29, 0.717) is 11.6 Å². The highest BCUT2D eigenvalue weighted by atomic mass is 35.5. The van der Waals surface area contributed by atoms with E-state index in [1.54, 1.807) is 6.07 Å². The van der Waals surface area contributed by atoms with Gasteiger partial charge in [-0.3, -0.25) is 0 Å². The second kappa shape index (κ2) is 5.16. The van der Waals surface area contributed by atoms with E-state index in [1.807, 2.05) is 35.9 Å². The molecule has 1 heterocycles. The molecule has 4 nitrogen and oxygen atoms in total. The Hall–Kier alpha value is -1.26. The van der Waals surface area contributed by atoms with Crippen molar-refractivity contribution >= 4 is 23.3 Å². The molecule has 1 aliphatic rings. The van der Waals surface area contributed by atoms with Crippen molar-refractivity contribution in [2.75, 3.05) is 31.6 Å². The highest BCUT2D eigenvalue weighted by Crippen LogP contribution is 2.26. The Bertz CT molecular complexity index is 464. The molecule has 1 fully saturated rings. The second-order valence-corrected chi connectivity index (χ2v) is 5.18. The molecule has 1 atom stereocenters. The first-order valence-corrected chi connectivity index (χ1v) is 6.31. The molecule has 0 aliphatic carbocycles. The third kappa shape index (κ3) is 2.60. The Morgan fingerprint density at radius 2 is 2.17 bits per heavy atom. The highest BCUT2D eigenvalue weighted by Gasteiger charge is 2.31. The number of anilines is 1. The fourth-order valence-corrected chi connectivity index (χ4v) is 2.59. The zero-order chi connectivity index (χ0) is 13.3. The summed E-state index contributed by atoms with van der Waals surface area (Å²) < 4.78 is 0. The number of carboxylic acid groups (broad SMARTS) is 1. The van der Waals surface area contributed by atoms with E-state index >= 15 is 0 Å². The minimum Gasteiger partial charge on any atom is -0.480 e. The molecule has 1 aliphatic heterocycles. The van der Waals surface area contributed by atoms with E-state index < -0.39 is 12.0 Å². The number of benzene rings is 1. The van der Waals surface area contributed by atoms with Crippen LogP contribution in [0.3, 0.4) is 0 Å². The lowest BCUT2D eigenvalue weighted by atomic mass is 10.1. The van der Waals surface area contributed by atoms with Gasteiger partial charge in [-0.15, -0.1) is 0 Å². The van der Waals surface area contributed by atoms with Crippen LogP contribution in [0.5, 0.6) is 0 Å². The first-order valence-electron chi connectivity index (χ1n) is 5.93. The molecule has 2 rings (SSSR count). The van der Waals surface area contributed by atoms with E-state index in [1.165, 1.54) is 0 Å². The van der Waals surface area contributed by atoms with Crippen LogP contribution in [0.4, 0.5) is 5.69 Å². The van der Waals surface area contributed by atoms with Crippen LogP contribution in [0.1, 0.15) is 5.56 Å². The van der Waals surface area contributed by atoms with Gasteiger partial charge >= 0.3 is 5.97 Å². The molecule has 0 saturated carbocycles. The van der Waals surface area contributed by atoms with Crippen molar-refractivity contribution in [1.82, 2.24) is 4.90 Å². The molecular formula is C13H17ClN2O2. The molecular weight excluding hydrogens is 252 g/mol. The molecule has 1 unspecified atom stereocenters. The molecule has 0 amide bonds. The number of hydrogen-bond donors (Lipinski definition) is 1. The van der Waals surface area contributed by atoms with Crippen molar-refractivity contribution in [3.05, 3.63) is 28.8 Å². The zero-order valence-corrected chi connectivity index (χ0v) is 11.3. The SMILES string of the molecule is Cc1cc(Cl)ccc1N1CCN(C)CC1C(=O)O. The molecule has 0 aromatic heterocycles. The summed E-state index contributed by atoms with van der Waals surface area (Å²) in [5.41, 5.74) is 1.97. The smallest absolute Gasteiger partial charge is 0.327 e. The number of piperazine rings is 1. The maximum atomic E-state index is 11.4. The molecule has 0 radical (unpaired) electrons. The van der Waals surface area contributed by atoms with Crippen LogP contribution in [-0.2, 0) is 4.79 Å². The van der Waals surface area contributed by atoms with Gasteiger partial charge in [-0.25, -0.2) is 4.79 Å². The van der Waals surface area contributed by atoms with Crippen molar-refractivity contribution < 1.29 is 9.90 Å². The second-order valence-electron chi connectivity index (χ2n) is 4.74. The minimum atomic E-state index is -0.782. The van der Waals surface area contributed by atoms with E-state index in [-0.39, 0.29) is 0 Å². The largest absolute Gasteiger partial charge is 0.480 e. The quantitative estimate of drug-likeness (QED) is 0.889. The topological polar surface area (TPSA) is 43.8 Å². The predicted octanol–water partition coefficient (Wildman–Crippen LogP) is 1.85. The first-order chi connectivity index (χ1) is 8.49. The number of aryl methyl sites for hydroxylation is 1. The van der Waals surface area contributed by atoms with Crippen LogP contribution >= 0.6 is 11.6 Å². The van der Waals surface area contributed by atoms with E-state index in [0.717, 1.165) is 24.3 Å². The van der Waals surface area contributed by atoms with Gasteiger partial charge in [0, 0.05) is 30.3 Å². The molecule has 1 N–H and O–H groups in total. The van der Waals surface area contributed by atoms with Crippen molar-refractivity contribution in [3.63, 3.8) is 0 Å². The first kappa shape index (κ1) is 13.2. The zero-order valence-electron chi connectivity index (χ0n) is 10.6. The van der Waals surface area contributed by atoms with Gasteiger partial charge in [0.1, 0.15) is 6.04 Å². The average molecular weight is 269 g/mol. The number of likely N-dealkylation sites (N-methyl/N-ethyl adjacent to an activating group) is 1. The molecule has 0 spiro atoms. The third-order valence-corrected chi connectivity index (χ3v) is 3.57. The van der Waals surface area contributed by atoms with Crippen LogP contribution in [-0.4, -0.2) is 48.7 Å². The Morgan fingerprint density at radius 3 is 2.78 bits per heavy atom. The van der Waals surface area contributed by atoms with Crippen LogP contribution in [0, 0.1) is 6.92 Å². The summed E-state index contributed by atoms with van der Waals surface area (Å²) in [6.45, 7) is 4.08. The van der Waals surface area contributed by atoms with Crippen molar-refractivity contribution in [1.29, 1.82) is 0 Å². The van der Waals surface area contributed by atoms with Gasteiger partial charge < -0.3 is 14.9 Å². The fourth-order valence-electron chi connectivity index (χ4n) is 2.36. The Morgan fingerprint density at radius 1 is 1.44 bits per heavy atom. The van der Waals surface area contributed by atoms with Gasteiger partial charge in [-0.2, -0.15) is 0 Å². The normalized spacial score (nSPS) is 21.1. The maximum absolute atomic E-state index is 11.4. The molecule has 1 aromatic rings. The molecule has 18 heavy (non-hydrogen) atoms. The number of carbonyl (C=O) groups is 1. The molecule has 5 heteroatoms. The summed E-state index contributed by atoms with van der Waals surface area (Å²) >= 11 is 5.93. The fraction of sp³-hybridized carbons (Fsp3) is 0.462. The number of rotatable bonds is 2. The third-order valence-electron chi connectivity index (χ3n) is 3.34. The molecule has 1 aromatic carbocycles. The van der Waals surface area contributed by atoms with Crippen LogP contribution < -0.4 is 4.90 Å². The summed E-state index contributed by atoms with van der Waals surface area (Å²) in [5, 5.41) is 10.0. The number of nitrogens with zero attached hydrogens (tertiary/aromatic N) is 2. The Labute approximate surface area is 112 Å². The lowest BCUT2D eigenvalue weighted by Crippen LogP contribution is -2.55. The summed E-state index contributed by atoms with van der Waals surface area (Å²) in [7, 11) is 1.95. The van der Waals surface area contributed by atoms with Crippen LogP contribution in [0.25, 0.3) is 0 Å². The van der Waals surface area contributed by atoms with Crippen molar-refractivity contribution in [3.8, 4) is 0 Å². The Balaban J connectivity index is 2.32. The Kier molecular flexibility index (Phi) is 3.78. The van der Waals surface area contributed by atoms with E-state index in [9.17, 15) is 9.90 Å². The van der Waals surface area contributed by atoms with Gasteiger partial charge in [0.05, 0.1) is 0 Å². The number of aliphatic carboxylic acids is 1. The molecule has 0 bridgehead atoms. The standard InChI is InChI=1S/C13H17ClN2O2/c1-9-7-10(14)3-4-11(9)16-6-5-15(2)8-12(16)13(17)18/h3-4,7,12H,5-6,8H2,1-2H3,(H,17,18). The van der Waals surface area contributed by atoms with Crippen LogP contribution in [0.2, 0.25) is 5.02 Å². The van der Waals surface area contributed by atoms with Gasteiger partial charge in [0.25, 0.3) is 0 Å². The van der Waals surface area contributed by atoms with Gasteiger partial charge in [0.2, 0.25) is 0 Å². The number of hydrogen-bond acceptors (Lipinski definition) is 3. The summed E-state index contributed by atoms with van der Waals surface area (Å²) in [6.07, 6.45) is 0. The highest BCUT2D eigenvalue weighted by molar-refractivity contribution is 6.30. The summed E-state index contributed by atoms with van der Waals surface area (Å²) in [5.74, 6) is -0.782. The monoisotopic (exact) mass is 268 g/mol.